The van der Waals surface area contributed by atoms with Crippen LogP contribution in [0.1, 0.15) is 12.0 Å². The molecular weight excluding hydrogens is 611 g/mol. The van der Waals surface area contributed by atoms with Gasteiger partial charge >= 0.3 is 0 Å². The topological polar surface area (TPSA) is 22.8 Å². The second kappa shape index (κ2) is 9.58. The molecular formula is C42H25N3S2. The Labute approximate surface area is 278 Å². The molecule has 3 nitrogen and oxygen atoms in total. The molecule has 1 aliphatic heterocycles. The molecule has 220 valence electrons. The lowest BCUT2D eigenvalue weighted by molar-refractivity contribution is 1.07. The van der Waals surface area contributed by atoms with Gasteiger partial charge in [0.15, 0.2) is 0 Å². The van der Waals surface area contributed by atoms with Crippen molar-refractivity contribution < 1.29 is 0 Å². The third kappa shape index (κ3) is 3.56. The predicted molar refractivity (Wildman–Crippen MR) is 200 cm³/mol. The Balaban J connectivity index is 1.21. The number of thiophene rings is 1. The summed E-state index contributed by atoms with van der Waals surface area (Å²) >= 11 is 3.78. The number of hydrogen-bond donors (Lipinski definition) is 0. The summed E-state index contributed by atoms with van der Waals surface area (Å²) in [6, 6.07) is 44.3. The first kappa shape index (κ1) is 25.8. The van der Waals surface area contributed by atoms with E-state index in [4.69, 9.17) is 4.98 Å². The molecule has 2 bridgehead atoms. The van der Waals surface area contributed by atoms with E-state index in [1.807, 2.05) is 35.4 Å². The van der Waals surface area contributed by atoms with Crippen LogP contribution in [0.5, 0.6) is 0 Å². The molecule has 47 heavy (non-hydrogen) atoms. The van der Waals surface area contributed by atoms with Gasteiger partial charge in [-0.15, -0.1) is 11.3 Å². The van der Waals surface area contributed by atoms with Crippen LogP contribution >= 0.6 is 23.1 Å². The number of thioether (sulfide) groups is 1. The fourth-order valence-corrected chi connectivity index (χ4v) is 10.3. The molecule has 5 aromatic carbocycles. The first-order valence-corrected chi connectivity index (χ1v) is 17.6. The smallest absolute Gasteiger partial charge is 0.0889 e. The minimum atomic E-state index is 0.934. The largest absolute Gasteiger partial charge is 0.309 e. The summed E-state index contributed by atoms with van der Waals surface area (Å²) < 4.78 is 7.38. The monoisotopic (exact) mass is 635 g/mol. The number of pyridine rings is 1. The molecule has 0 N–H and O–H groups in total. The second-order valence-corrected chi connectivity index (χ2v) is 14.5. The zero-order valence-electron chi connectivity index (χ0n) is 25.1. The number of rotatable bonds is 2. The van der Waals surface area contributed by atoms with E-state index in [-0.39, 0.29) is 0 Å². The summed E-state index contributed by atoms with van der Waals surface area (Å²) in [6.07, 6.45) is 7.55. The Kier molecular flexibility index (Phi) is 5.26. The van der Waals surface area contributed by atoms with Crippen LogP contribution in [0.2, 0.25) is 0 Å². The van der Waals surface area contributed by atoms with Crippen molar-refractivity contribution in [3.8, 4) is 11.4 Å². The Morgan fingerprint density at radius 3 is 2.30 bits per heavy atom. The van der Waals surface area contributed by atoms with Crippen molar-refractivity contribution in [2.45, 2.75) is 11.3 Å². The summed E-state index contributed by atoms with van der Waals surface area (Å²) in [5.41, 5.74) is 9.87. The van der Waals surface area contributed by atoms with E-state index in [0.29, 0.717) is 0 Å². The number of hydrogen-bond acceptors (Lipinski definition) is 3. The average Bonchev–Trinajstić information content (AvgIpc) is 3.75. The van der Waals surface area contributed by atoms with Crippen molar-refractivity contribution >= 4 is 92.7 Å². The highest BCUT2D eigenvalue weighted by atomic mass is 32.2. The minimum Gasteiger partial charge on any atom is -0.309 e. The Morgan fingerprint density at radius 1 is 0.596 bits per heavy atom. The van der Waals surface area contributed by atoms with Crippen LogP contribution in [0.15, 0.2) is 138 Å². The van der Waals surface area contributed by atoms with Crippen molar-refractivity contribution in [2.24, 2.45) is 0 Å². The van der Waals surface area contributed by atoms with Crippen LogP contribution in [-0.2, 0) is 0 Å². The fraction of sp³-hybridized carbons (Fsp3) is 0.0238. The molecule has 0 radical (unpaired) electrons. The molecule has 0 saturated heterocycles. The number of nitrogens with zero attached hydrogens (tertiary/aromatic N) is 3. The van der Waals surface area contributed by atoms with E-state index in [1.54, 1.807) is 0 Å². The number of allylic oxidation sites excluding steroid dienone is 2. The summed E-state index contributed by atoms with van der Waals surface area (Å²) in [6.45, 7) is 0. The molecule has 5 heterocycles. The fourth-order valence-electron chi connectivity index (χ4n) is 7.85. The van der Waals surface area contributed by atoms with E-state index in [1.165, 1.54) is 90.4 Å². The predicted octanol–water partition coefficient (Wildman–Crippen LogP) is 9.97. The van der Waals surface area contributed by atoms with Crippen molar-refractivity contribution in [1.29, 1.82) is 0 Å². The number of fused-ring (bicyclic) bond motifs is 14. The number of aromatic nitrogens is 3. The molecule has 0 amide bonds. The van der Waals surface area contributed by atoms with Crippen LogP contribution in [-0.4, -0.2) is 14.1 Å². The minimum absolute atomic E-state index is 0.934. The zero-order valence-corrected chi connectivity index (χ0v) is 26.8. The van der Waals surface area contributed by atoms with Gasteiger partial charge in [0.25, 0.3) is 0 Å². The SMILES string of the molecule is C1=C2CC(=c3c(n(-c4ccccc4)c4ccccc34)=C1)Sc1c2ccc2c1c1ccccc1n2-c1ccc2sc3cccnc3c2c1. The van der Waals surface area contributed by atoms with Gasteiger partial charge in [0.05, 0.1) is 32.1 Å². The van der Waals surface area contributed by atoms with Crippen molar-refractivity contribution in [3.63, 3.8) is 0 Å². The molecule has 2 aliphatic rings. The van der Waals surface area contributed by atoms with Gasteiger partial charge in [0, 0.05) is 65.3 Å². The highest BCUT2D eigenvalue weighted by molar-refractivity contribution is 8.08. The van der Waals surface area contributed by atoms with Crippen molar-refractivity contribution in [1.82, 2.24) is 14.1 Å². The number of benzene rings is 5. The highest BCUT2D eigenvalue weighted by Crippen LogP contribution is 2.50. The molecule has 1 aliphatic carbocycles. The van der Waals surface area contributed by atoms with Gasteiger partial charge in [-0.05, 0) is 77.9 Å². The van der Waals surface area contributed by atoms with Gasteiger partial charge in [-0.2, -0.15) is 0 Å². The first-order chi connectivity index (χ1) is 23.3. The maximum atomic E-state index is 4.76. The maximum absolute atomic E-state index is 4.76. The zero-order chi connectivity index (χ0) is 30.6. The Hall–Kier alpha value is -5.36. The van der Waals surface area contributed by atoms with Crippen molar-refractivity contribution in [2.75, 3.05) is 0 Å². The maximum Gasteiger partial charge on any atom is 0.0889 e. The molecule has 0 unspecified atom stereocenters. The van der Waals surface area contributed by atoms with Crippen LogP contribution in [0, 0.1) is 0 Å². The standard InChI is InChI=1S/C42H25N3S2/c1-2-9-26(10-3-1)44-32-13-6-4-11-29(32)39-34(44)19-16-25-23-38(39)47-42-28(25)18-20-35-40(42)30-12-5-7-14-33(30)45(35)27-17-21-36-31(24-27)41-37(46-36)15-8-22-43-41/h1-22,24H,23H2. The molecule has 11 rings (SSSR count). The quantitative estimate of drug-likeness (QED) is 0.189. The normalized spacial score (nSPS) is 14.0. The van der Waals surface area contributed by atoms with Gasteiger partial charge in [0.1, 0.15) is 0 Å². The average molecular weight is 636 g/mol. The van der Waals surface area contributed by atoms with Gasteiger partial charge in [-0.25, -0.2) is 0 Å². The lowest BCUT2D eigenvalue weighted by Crippen LogP contribution is -2.29. The molecule has 0 saturated carbocycles. The molecule has 9 aromatic rings. The van der Waals surface area contributed by atoms with Gasteiger partial charge in [-0.3, -0.25) is 4.98 Å². The van der Waals surface area contributed by atoms with Crippen molar-refractivity contribution in [3.05, 3.63) is 150 Å². The van der Waals surface area contributed by atoms with E-state index in [0.717, 1.165) is 11.9 Å². The Morgan fingerprint density at radius 2 is 1.40 bits per heavy atom. The third-order valence-corrected chi connectivity index (χ3v) is 12.2. The number of para-hydroxylation sites is 3. The second-order valence-electron chi connectivity index (χ2n) is 12.3. The highest BCUT2D eigenvalue weighted by Gasteiger charge is 2.27. The van der Waals surface area contributed by atoms with E-state index < -0.39 is 0 Å². The third-order valence-electron chi connectivity index (χ3n) is 9.83. The lowest BCUT2D eigenvalue weighted by atomic mass is 9.98. The van der Waals surface area contributed by atoms with E-state index >= 15 is 0 Å². The van der Waals surface area contributed by atoms with Gasteiger partial charge in [-0.1, -0.05) is 78.5 Å². The van der Waals surface area contributed by atoms with Crippen LogP contribution in [0.3, 0.4) is 0 Å². The molecule has 5 heteroatoms. The van der Waals surface area contributed by atoms with Crippen LogP contribution in [0.4, 0.5) is 0 Å². The van der Waals surface area contributed by atoms with Gasteiger partial charge < -0.3 is 9.13 Å². The first-order valence-electron chi connectivity index (χ1n) is 15.9. The van der Waals surface area contributed by atoms with Crippen LogP contribution in [0.25, 0.3) is 80.9 Å². The van der Waals surface area contributed by atoms with E-state index in [2.05, 4.69) is 137 Å². The molecule has 0 atom stereocenters. The van der Waals surface area contributed by atoms with Crippen LogP contribution < -0.4 is 10.6 Å². The summed E-state index contributed by atoms with van der Waals surface area (Å²) in [5.74, 6) is 0. The van der Waals surface area contributed by atoms with E-state index in [9.17, 15) is 0 Å². The summed E-state index contributed by atoms with van der Waals surface area (Å²) in [7, 11) is 0. The molecule has 4 aromatic heterocycles. The summed E-state index contributed by atoms with van der Waals surface area (Å²) in [4.78, 5) is 7.53. The lowest BCUT2D eigenvalue weighted by Gasteiger charge is -2.22. The molecule has 0 fully saturated rings. The molecule has 0 spiro atoms. The van der Waals surface area contributed by atoms with Gasteiger partial charge in [0.2, 0.25) is 0 Å². The Bertz CT molecular complexity index is 2960. The summed E-state index contributed by atoms with van der Waals surface area (Å²) in [5, 5.41) is 7.75.